The Morgan fingerprint density at radius 2 is 2.44 bits per heavy atom. The molecule has 0 aliphatic heterocycles. The van der Waals surface area contributed by atoms with E-state index >= 15 is 0 Å². The minimum absolute atomic E-state index is 0.336. The number of nitriles is 1. The van der Waals surface area contributed by atoms with Crippen molar-refractivity contribution in [3.05, 3.63) is 53.1 Å². The van der Waals surface area contributed by atoms with E-state index in [1.54, 1.807) is 24.4 Å². The first-order valence-corrected chi connectivity index (χ1v) is 5.05. The average Bonchev–Trinajstić information content (AvgIpc) is 2.31. The molecule has 0 fully saturated rings. The zero-order valence-corrected chi connectivity index (χ0v) is 9.41. The molecule has 1 aromatic heterocycles. The molecule has 1 unspecified atom stereocenters. The summed E-state index contributed by atoms with van der Waals surface area (Å²) in [4.78, 5) is 7.32. The number of hydrogen-bond acceptors (Lipinski definition) is 2. The number of hydrogen-bond donors (Lipinski definition) is 0. The summed E-state index contributed by atoms with van der Waals surface area (Å²) in [6, 6.07) is 5.47. The smallest absolute Gasteiger partial charge is 0.293 e. The van der Waals surface area contributed by atoms with Gasteiger partial charge in [-0.1, -0.05) is 23.7 Å². The summed E-state index contributed by atoms with van der Waals surface area (Å²) in [6.45, 7) is 10.7. The van der Waals surface area contributed by atoms with E-state index < -0.39 is 5.54 Å². The minimum Gasteiger partial charge on any atom is -0.293 e. The number of nitrogens with zero attached hydrogens (tertiary/aromatic N) is 3. The van der Waals surface area contributed by atoms with Crippen LogP contribution >= 0.6 is 11.6 Å². The minimum atomic E-state index is -1.07. The molecule has 80 valence electrons. The van der Waals surface area contributed by atoms with Crippen molar-refractivity contribution in [3.63, 3.8) is 0 Å². The lowest BCUT2D eigenvalue weighted by molar-refractivity contribution is 0.635. The Morgan fingerprint density at radius 1 is 1.69 bits per heavy atom. The third-order valence-corrected chi connectivity index (χ3v) is 2.41. The fraction of sp³-hybridized carbons (Fsp3) is 0.250. The summed E-state index contributed by atoms with van der Waals surface area (Å²) in [6.07, 6.45) is 3.85. The largest absolute Gasteiger partial charge is 0.323 e. The standard InChI is InChI=1S/C12H10ClN3/c1-3-6-12(9-14,15-2)7-10-4-5-11(13)16-8-10/h3-5,8H,1,6-7H2. The van der Waals surface area contributed by atoms with Crippen molar-refractivity contribution in [1.29, 1.82) is 5.26 Å². The van der Waals surface area contributed by atoms with Crippen LogP contribution < -0.4 is 0 Å². The van der Waals surface area contributed by atoms with Gasteiger partial charge >= 0.3 is 5.54 Å². The van der Waals surface area contributed by atoms with Crippen molar-refractivity contribution in [2.45, 2.75) is 18.4 Å². The van der Waals surface area contributed by atoms with E-state index in [4.69, 9.17) is 23.4 Å². The monoisotopic (exact) mass is 231 g/mol. The Kier molecular flexibility index (Phi) is 4.05. The molecule has 0 saturated heterocycles. The summed E-state index contributed by atoms with van der Waals surface area (Å²) in [7, 11) is 0. The van der Waals surface area contributed by atoms with E-state index in [9.17, 15) is 0 Å². The molecule has 0 aliphatic rings. The maximum atomic E-state index is 9.07. The average molecular weight is 232 g/mol. The Morgan fingerprint density at radius 3 is 2.88 bits per heavy atom. The van der Waals surface area contributed by atoms with Crippen LogP contribution in [0.3, 0.4) is 0 Å². The lowest BCUT2D eigenvalue weighted by Gasteiger charge is -2.11. The molecule has 0 radical (unpaired) electrons. The summed E-state index contributed by atoms with van der Waals surface area (Å²) in [5, 5.41) is 9.47. The Hall–Kier alpha value is -1.84. The second-order valence-electron chi connectivity index (χ2n) is 3.41. The van der Waals surface area contributed by atoms with Crippen molar-refractivity contribution in [2.24, 2.45) is 0 Å². The highest BCUT2D eigenvalue weighted by molar-refractivity contribution is 6.29. The second kappa shape index (κ2) is 5.30. The summed E-state index contributed by atoms with van der Waals surface area (Å²) in [5.74, 6) is 0. The van der Waals surface area contributed by atoms with Crippen LogP contribution in [0.1, 0.15) is 12.0 Å². The van der Waals surface area contributed by atoms with Gasteiger partial charge in [-0.3, -0.25) is 4.85 Å². The predicted molar refractivity (Wildman–Crippen MR) is 62.7 cm³/mol. The maximum Gasteiger partial charge on any atom is 0.323 e. The molecule has 1 rings (SSSR count). The molecule has 1 aromatic rings. The quantitative estimate of drug-likeness (QED) is 0.454. The van der Waals surface area contributed by atoms with E-state index in [1.165, 1.54) is 0 Å². The highest BCUT2D eigenvalue weighted by Crippen LogP contribution is 2.22. The van der Waals surface area contributed by atoms with Gasteiger partial charge in [0.25, 0.3) is 0 Å². The zero-order valence-electron chi connectivity index (χ0n) is 8.65. The van der Waals surface area contributed by atoms with Gasteiger partial charge in [0.2, 0.25) is 0 Å². The number of rotatable bonds is 4. The molecular formula is C12H10ClN3. The van der Waals surface area contributed by atoms with Gasteiger partial charge in [-0.15, -0.1) is 6.58 Å². The number of aromatic nitrogens is 1. The summed E-state index contributed by atoms with van der Waals surface area (Å²) >= 11 is 5.66. The van der Waals surface area contributed by atoms with Crippen molar-refractivity contribution < 1.29 is 0 Å². The molecule has 16 heavy (non-hydrogen) atoms. The van der Waals surface area contributed by atoms with Crippen LogP contribution in [-0.4, -0.2) is 10.5 Å². The van der Waals surface area contributed by atoms with E-state index in [2.05, 4.69) is 16.4 Å². The van der Waals surface area contributed by atoms with Gasteiger partial charge in [0.1, 0.15) is 5.15 Å². The molecule has 0 N–H and O–H groups in total. The van der Waals surface area contributed by atoms with E-state index in [1.807, 2.05) is 6.07 Å². The van der Waals surface area contributed by atoms with E-state index in [0.717, 1.165) is 5.56 Å². The molecule has 0 bridgehead atoms. The Balaban J connectivity index is 2.93. The van der Waals surface area contributed by atoms with Crippen molar-refractivity contribution in [3.8, 4) is 6.07 Å². The van der Waals surface area contributed by atoms with Gasteiger partial charge in [0.05, 0.1) is 12.8 Å². The molecular weight excluding hydrogens is 222 g/mol. The van der Waals surface area contributed by atoms with Crippen LogP contribution in [0.15, 0.2) is 31.0 Å². The third kappa shape index (κ3) is 2.82. The van der Waals surface area contributed by atoms with Gasteiger partial charge in [-0.2, -0.15) is 5.26 Å². The topological polar surface area (TPSA) is 41.0 Å². The lowest BCUT2D eigenvalue weighted by atomic mass is 9.90. The van der Waals surface area contributed by atoms with Crippen molar-refractivity contribution in [1.82, 2.24) is 4.98 Å². The zero-order chi connectivity index (χ0) is 12.0. The van der Waals surface area contributed by atoms with Gasteiger partial charge < -0.3 is 0 Å². The second-order valence-corrected chi connectivity index (χ2v) is 3.80. The van der Waals surface area contributed by atoms with Crippen LogP contribution in [0.5, 0.6) is 0 Å². The first-order valence-electron chi connectivity index (χ1n) is 4.67. The fourth-order valence-electron chi connectivity index (χ4n) is 1.35. The van der Waals surface area contributed by atoms with E-state index in [0.29, 0.717) is 18.0 Å². The molecule has 3 nitrogen and oxygen atoms in total. The first kappa shape index (κ1) is 12.2. The highest BCUT2D eigenvalue weighted by atomic mass is 35.5. The number of pyridine rings is 1. The maximum absolute atomic E-state index is 9.07. The van der Waals surface area contributed by atoms with E-state index in [-0.39, 0.29) is 0 Å². The molecule has 0 amide bonds. The van der Waals surface area contributed by atoms with Crippen LogP contribution in [0.2, 0.25) is 5.15 Å². The Labute approximate surface area is 99.8 Å². The molecule has 0 saturated carbocycles. The predicted octanol–water partition coefficient (Wildman–Crippen LogP) is 3.04. The normalized spacial score (nSPS) is 13.2. The van der Waals surface area contributed by atoms with Crippen molar-refractivity contribution in [2.75, 3.05) is 0 Å². The number of halogens is 1. The van der Waals surface area contributed by atoms with Gasteiger partial charge in [-0.05, 0) is 11.6 Å². The van der Waals surface area contributed by atoms with Crippen LogP contribution in [-0.2, 0) is 6.42 Å². The molecule has 1 atom stereocenters. The third-order valence-electron chi connectivity index (χ3n) is 2.19. The Bertz CT molecular complexity index is 437. The first-order chi connectivity index (χ1) is 7.65. The molecule has 0 spiro atoms. The van der Waals surface area contributed by atoms with Crippen LogP contribution in [0.25, 0.3) is 4.85 Å². The molecule has 4 heteroatoms. The van der Waals surface area contributed by atoms with Gasteiger partial charge in [-0.25, -0.2) is 11.6 Å². The molecule has 0 aromatic carbocycles. The SMILES string of the molecule is [C-]#[N+]C(C#N)(CC=C)Cc1ccc(Cl)nc1. The lowest BCUT2D eigenvalue weighted by Crippen LogP contribution is -2.24. The summed E-state index contributed by atoms with van der Waals surface area (Å²) in [5.41, 5.74) is -0.249. The van der Waals surface area contributed by atoms with Gasteiger partial charge in [0.15, 0.2) is 6.07 Å². The van der Waals surface area contributed by atoms with Crippen LogP contribution in [0, 0.1) is 17.9 Å². The summed E-state index contributed by atoms with van der Waals surface area (Å²) < 4.78 is 0. The highest BCUT2D eigenvalue weighted by Gasteiger charge is 2.35. The molecule has 0 aliphatic carbocycles. The van der Waals surface area contributed by atoms with Gasteiger partial charge in [0, 0.05) is 6.20 Å². The molecule has 1 heterocycles. The van der Waals surface area contributed by atoms with Crippen LogP contribution in [0.4, 0.5) is 0 Å². The van der Waals surface area contributed by atoms with Crippen molar-refractivity contribution >= 4 is 11.6 Å². The fourth-order valence-corrected chi connectivity index (χ4v) is 1.47.